The van der Waals surface area contributed by atoms with E-state index in [2.05, 4.69) is 10.2 Å². The highest BCUT2D eigenvalue weighted by Crippen LogP contribution is 2.56. The van der Waals surface area contributed by atoms with Crippen molar-refractivity contribution in [3.05, 3.63) is 35.1 Å². The van der Waals surface area contributed by atoms with Crippen molar-refractivity contribution in [2.24, 2.45) is 11.3 Å². The number of amides is 1. The summed E-state index contributed by atoms with van der Waals surface area (Å²) in [6, 6.07) is 2.88. The number of rotatable bonds is 5. The Morgan fingerprint density at radius 1 is 1.10 bits per heavy atom. The molecule has 1 aromatic rings. The van der Waals surface area contributed by atoms with Crippen molar-refractivity contribution < 1.29 is 22.4 Å². The predicted molar refractivity (Wildman–Crippen MR) is 101 cm³/mol. The van der Waals surface area contributed by atoms with Gasteiger partial charge in [-0.05, 0) is 87.7 Å². The molecule has 2 atom stereocenters. The maximum absolute atomic E-state index is 13.6. The second-order valence-corrected chi connectivity index (χ2v) is 8.95. The van der Waals surface area contributed by atoms with Crippen LogP contribution in [0.25, 0.3) is 0 Å². The van der Waals surface area contributed by atoms with Crippen molar-refractivity contribution in [2.45, 2.75) is 70.1 Å². The third-order valence-corrected chi connectivity index (χ3v) is 6.98. The molecule has 3 nitrogen and oxygen atoms in total. The SMILES string of the molecule is O=C(NCc1cc(F)cc(C(F)(F)F)c1)C1(C2CC2)CCC(N2CCCCC2)C1. The molecule has 1 heterocycles. The van der Waals surface area contributed by atoms with Crippen LogP contribution in [0, 0.1) is 17.2 Å². The molecule has 1 amide bonds. The number of hydrogen-bond acceptors (Lipinski definition) is 2. The predicted octanol–water partition coefficient (Wildman–Crippen LogP) is 4.90. The monoisotopic (exact) mass is 412 g/mol. The van der Waals surface area contributed by atoms with Gasteiger partial charge in [0.15, 0.2) is 0 Å². The van der Waals surface area contributed by atoms with Crippen molar-refractivity contribution >= 4 is 5.91 Å². The highest BCUT2D eigenvalue weighted by molar-refractivity contribution is 5.83. The summed E-state index contributed by atoms with van der Waals surface area (Å²) in [5.74, 6) is -0.639. The van der Waals surface area contributed by atoms with Crippen molar-refractivity contribution in [1.29, 1.82) is 0 Å². The molecule has 1 saturated heterocycles. The Morgan fingerprint density at radius 3 is 2.48 bits per heavy atom. The molecular formula is C22H28F4N2O. The van der Waals surface area contributed by atoms with Gasteiger partial charge < -0.3 is 10.2 Å². The van der Waals surface area contributed by atoms with Gasteiger partial charge in [0.2, 0.25) is 5.91 Å². The number of benzene rings is 1. The molecule has 1 aromatic carbocycles. The van der Waals surface area contributed by atoms with E-state index in [0.29, 0.717) is 18.0 Å². The second kappa shape index (κ2) is 7.89. The first kappa shape index (κ1) is 20.6. The molecule has 0 spiro atoms. The number of halogens is 4. The second-order valence-electron chi connectivity index (χ2n) is 8.95. The third-order valence-electron chi connectivity index (χ3n) is 6.98. The van der Waals surface area contributed by atoms with Crippen LogP contribution in [0.2, 0.25) is 0 Å². The number of nitrogens with one attached hydrogen (secondary N) is 1. The summed E-state index contributed by atoms with van der Waals surface area (Å²) >= 11 is 0. The molecular weight excluding hydrogens is 384 g/mol. The molecule has 29 heavy (non-hydrogen) atoms. The van der Waals surface area contributed by atoms with Gasteiger partial charge in [-0.25, -0.2) is 4.39 Å². The summed E-state index contributed by atoms with van der Waals surface area (Å²) in [6.45, 7) is 2.11. The number of nitrogens with zero attached hydrogens (tertiary/aromatic N) is 1. The van der Waals surface area contributed by atoms with E-state index in [9.17, 15) is 22.4 Å². The number of piperidine rings is 1. The molecule has 0 bridgehead atoms. The minimum Gasteiger partial charge on any atom is -0.352 e. The first-order chi connectivity index (χ1) is 13.8. The fourth-order valence-corrected chi connectivity index (χ4v) is 5.32. The summed E-state index contributed by atoms with van der Waals surface area (Å²) in [5.41, 5.74) is -1.30. The molecule has 0 radical (unpaired) electrons. The maximum atomic E-state index is 13.6. The van der Waals surface area contributed by atoms with Gasteiger partial charge in [-0.2, -0.15) is 13.2 Å². The Labute approximate surface area is 168 Å². The molecule has 4 rings (SSSR count). The number of carbonyl (C=O) groups is 1. The minimum atomic E-state index is -4.61. The lowest BCUT2D eigenvalue weighted by molar-refractivity contribution is -0.137. The van der Waals surface area contributed by atoms with Gasteiger partial charge in [0.05, 0.1) is 11.0 Å². The van der Waals surface area contributed by atoms with E-state index >= 15 is 0 Å². The van der Waals surface area contributed by atoms with Crippen LogP contribution in [0.4, 0.5) is 17.6 Å². The quantitative estimate of drug-likeness (QED) is 0.698. The number of hydrogen-bond donors (Lipinski definition) is 1. The zero-order valence-corrected chi connectivity index (χ0v) is 16.5. The molecule has 2 aliphatic carbocycles. The van der Waals surface area contributed by atoms with E-state index in [-0.39, 0.29) is 18.0 Å². The lowest BCUT2D eigenvalue weighted by Gasteiger charge is -2.34. The van der Waals surface area contributed by atoms with Gasteiger partial charge in [-0.3, -0.25) is 4.79 Å². The lowest BCUT2D eigenvalue weighted by atomic mass is 9.79. The summed E-state index contributed by atoms with van der Waals surface area (Å²) in [7, 11) is 0. The topological polar surface area (TPSA) is 32.3 Å². The van der Waals surface area contributed by atoms with E-state index in [0.717, 1.165) is 57.3 Å². The summed E-state index contributed by atoms with van der Waals surface area (Å²) in [6.07, 6.45) is 3.83. The van der Waals surface area contributed by atoms with Crippen LogP contribution in [0.1, 0.15) is 62.5 Å². The molecule has 7 heteroatoms. The molecule has 160 valence electrons. The zero-order valence-electron chi connectivity index (χ0n) is 16.5. The molecule has 0 aromatic heterocycles. The molecule has 2 saturated carbocycles. The summed E-state index contributed by atoms with van der Waals surface area (Å²) in [4.78, 5) is 15.7. The van der Waals surface area contributed by atoms with Crippen LogP contribution in [0.3, 0.4) is 0 Å². The van der Waals surface area contributed by atoms with E-state index < -0.39 is 23.0 Å². The smallest absolute Gasteiger partial charge is 0.352 e. The van der Waals surface area contributed by atoms with Gasteiger partial charge in [0.1, 0.15) is 5.82 Å². The normalized spacial score (nSPS) is 28.5. The maximum Gasteiger partial charge on any atom is 0.416 e. The first-order valence-corrected chi connectivity index (χ1v) is 10.7. The molecule has 1 N–H and O–H groups in total. The van der Waals surface area contributed by atoms with E-state index in [1.54, 1.807) is 0 Å². The van der Waals surface area contributed by atoms with Crippen molar-refractivity contribution in [2.75, 3.05) is 13.1 Å². The van der Waals surface area contributed by atoms with Crippen molar-refractivity contribution in [1.82, 2.24) is 10.2 Å². The average Bonchev–Trinajstić information content (AvgIpc) is 3.45. The largest absolute Gasteiger partial charge is 0.416 e. The van der Waals surface area contributed by atoms with Gasteiger partial charge in [0, 0.05) is 12.6 Å². The number of alkyl halides is 3. The van der Waals surface area contributed by atoms with Crippen LogP contribution < -0.4 is 5.32 Å². The Bertz CT molecular complexity index is 756. The lowest BCUT2D eigenvalue weighted by Crippen LogP contribution is -2.43. The fourth-order valence-electron chi connectivity index (χ4n) is 5.32. The van der Waals surface area contributed by atoms with Gasteiger partial charge in [-0.1, -0.05) is 6.42 Å². The van der Waals surface area contributed by atoms with Crippen LogP contribution in [0.15, 0.2) is 18.2 Å². The van der Waals surface area contributed by atoms with Gasteiger partial charge >= 0.3 is 6.18 Å². The third kappa shape index (κ3) is 4.44. The zero-order chi connectivity index (χ0) is 20.6. The number of likely N-dealkylation sites (tertiary alicyclic amines) is 1. The van der Waals surface area contributed by atoms with Crippen LogP contribution in [-0.4, -0.2) is 29.9 Å². The highest BCUT2D eigenvalue weighted by atomic mass is 19.4. The Kier molecular flexibility index (Phi) is 5.62. The minimum absolute atomic E-state index is 0.0719. The molecule has 2 unspecified atom stereocenters. The van der Waals surface area contributed by atoms with Crippen LogP contribution in [0.5, 0.6) is 0 Å². The van der Waals surface area contributed by atoms with Crippen molar-refractivity contribution in [3.63, 3.8) is 0 Å². The highest BCUT2D eigenvalue weighted by Gasteiger charge is 2.55. The average molecular weight is 412 g/mol. The Hall–Kier alpha value is -1.63. The fraction of sp³-hybridized carbons (Fsp3) is 0.682. The first-order valence-electron chi connectivity index (χ1n) is 10.7. The van der Waals surface area contributed by atoms with E-state index in [1.165, 1.54) is 19.3 Å². The van der Waals surface area contributed by atoms with E-state index in [4.69, 9.17) is 0 Å². The number of carbonyl (C=O) groups excluding carboxylic acids is 1. The Morgan fingerprint density at radius 2 is 1.83 bits per heavy atom. The summed E-state index contributed by atoms with van der Waals surface area (Å²) < 4.78 is 52.4. The molecule has 3 fully saturated rings. The van der Waals surface area contributed by atoms with Crippen LogP contribution >= 0.6 is 0 Å². The van der Waals surface area contributed by atoms with Crippen molar-refractivity contribution in [3.8, 4) is 0 Å². The van der Waals surface area contributed by atoms with E-state index in [1.807, 2.05) is 0 Å². The van der Waals surface area contributed by atoms with Crippen LogP contribution in [-0.2, 0) is 17.5 Å². The molecule has 1 aliphatic heterocycles. The van der Waals surface area contributed by atoms with Gasteiger partial charge in [0.25, 0.3) is 0 Å². The Balaban J connectivity index is 1.43. The standard InChI is InChI=1S/C22H28F4N2O/c23-18-11-15(10-17(12-18)22(24,25)26)14-27-20(29)21(16-4-5-16)7-6-19(13-21)28-8-2-1-3-9-28/h10-12,16,19H,1-9,13-14H2,(H,27,29). The van der Waals surface area contributed by atoms with Gasteiger partial charge in [-0.15, -0.1) is 0 Å². The summed E-state index contributed by atoms with van der Waals surface area (Å²) in [5, 5.41) is 2.84. The molecule has 3 aliphatic rings.